The molecule has 1 aromatic heterocycles. The topological polar surface area (TPSA) is 29.9 Å². The van der Waals surface area contributed by atoms with Crippen molar-refractivity contribution < 1.29 is 0 Å². The third kappa shape index (κ3) is 3.05. The Bertz CT molecular complexity index is 589. The molecule has 0 aliphatic carbocycles. The largest absolute Gasteiger partial charge is 0.310 e. The fraction of sp³-hybridized carbons (Fsp3) is 0.438. The van der Waals surface area contributed by atoms with Crippen LogP contribution in [-0.2, 0) is 13.5 Å². The van der Waals surface area contributed by atoms with E-state index in [9.17, 15) is 0 Å². The molecule has 2 aromatic rings. The molecule has 1 unspecified atom stereocenters. The summed E-state index contributed by atoms with van der Waals surface area (Å²) in [4.78, 5) is 0. The Hall–Kier alpha value is -1.32. The van der Waals surface area contributed by atoms with Crippen molar-refractivity contribution in [2.75, 3.05) is 6.54 Å². The maximum atomic E-state index is 6.36. The second kappa shape index (κ2) is 6.42. The molecule has 0 aliphatic rings. The first-order valence-corrected chi connectivity index (χ1v) is 7.39. The molecule has 4 heteroatoms. The van der Waals surface area contributed by atoms with Gasteiger partial charge in [-0.25, -0.2) is 0 Å². The van der Waals surface area contributed by atoms with Crippen LogP contribution in [0.15, 0.2) is 24.3 Å². The lowest BCUT2D eigenvalue weighted by atomic mass is 9.95. The molecule has 3 nitrogen and oxygen atoms in total. The quantitative estimate of drug-likeness (QED) is 0.912. The van der Waals surface area contributed by atoms with Crippen molar-refractivity contribution in [3.05, 3.63) is 51.8 Å². The number of benzene rings is 1. The van der Waals surface area contributed by atoms with Crippen LogP contribution in [0.4, 0.5) is 0 Å². The predicted molar refractivity (Wildman–Crippen MR) is 84.3 cm³/mol. The standard InChI is InChI=1S/C16H22ClN3/c1-5-18-15(13-9-7-6-8-11(13)2)10-14-12(3)19-20(4)16(14)17/h6-9,15,18H,5,10H2,1-4H3. The van der Waals surface area contributed by atoms with Crippen LogP contribution in [0, 0.1) is 13.8 Å². The van der Waals surface area contributed by atoms with Crippen LogP contribution in [0.1, 0.15) is 35.3 Å². The smallest absolute Gasteiger partial charge is 0.130 e. The van der Waals surface area contributed by atoms with Gasteiger partial charge >= 0.3 is 0 Å². The SMILES string of the molecule is CCNC(Cc1c(C)nn(C)c1Cl)c1ccccc1C. The molecule has 2 rings (SSSR count). The number of hydrogen-bond donors (Lipinski definition) is 1. The molecule has 0 fully saturated rings. The zero-order valence-electron chi connectivity index (χ0n) is 12.6. The van der Waals surface area contributed by atoms with Crippen molar-refractivity contribution in [3.8, 4) is 0 Å². The lowest BCUT2D eigenvalue weighted by molar-refractivity contribution is 0.546. The van der Waals surface area contributed by atoms with E-state index in [1.807, 2.05) is 14.0 Å². The van der Waals surface area contributed by atoms with Crippen LogP contribution in [-0.4, -0.2) is 16.3 Å². The Morgan fingerprint density at radius 1 is 1.30 bits per heavy atom. The van der Waals surface area contributed by atoms with Crippen molar-refractivity contribution in [2.24, 2.45) is 7.05 Å². The van der Waals surface area contributed by atoms with E-state index in [2.05, 4.69) is 48.5 Å². The van der Waals surface area contributed by atoms with E-state index in [0.29, 0.717) is 0 Å². The van der Waals surface area contributed by atoms with Crippen molar-refractivity contribution in [3.63, 3.8) is 0 Å². The van der Waals surface area contributed by atoms with Gasteiger partial charge in [-0.05, 0) is 37.9 Å². The Morgan fingerprint density at radius 2 is 2.00 bits per heavy atom. The summed E-state index contributed by atoms with van der Waals surface area (Å²) in [6.45, 7) is 7.22. The second-order valence-corrected chi connectivity index (χ2v) is 5.51. The summed E-state index contributed by atoms with van der Waals surface area (Å²) >= 11 is 6.36. The molecule has 1 N–H and O–H groups in total. The zero-order valence-corrected chi connectivity index (χ0v) is 13.3. The van der Waals surface area contributed by atoms with Gasteiger partial charge in [-0.1, -0.05) is 42.8 Å². The fourth-order valence-corrected chi connectivity index (χ4v) is 2.88. The molecule has 108 valence electrons. The molecule has 0 aliphatic heterocycles. The van der Waals surface area contributed by atoms with Crippen molar-refractivity contribution in [1.82, 2.24) is 15.1 Å². The molecule has 20 heavy (non-hydrogen) atoms. The number of aromatic nitrogens is 2. The van der Waals surface area contributed by atoms with Crippen LogP contribution in [0.3, 0.4) is 0 Å². The molecule has 1 aromatic carbocycles. The number of halogens is 1. The highest BCUT2D eigenvalue weighted by Gasteiger charge is 2.19. The van der Waals surface area contributed by atoms with E-state index in [0.717, 1.165) is 29.4 Å². The molecule has 1 atom stereocenters. The molecule has 0 saturated carbocycles. The summed E-state index contributed by atoms with van der Waals surface area (Å²) in [6, 6.07) is 8.76. The molecule has 0 amide bonds. The Balaban J connectivity index is 2.33. The molecule has 0 radical (unpaired) electrons. The van der Waals surface area contributed by atoms with Crippen LogP contribution >= 0.6 is 11.6 Å². The van der Waals surface area contributed by atoms with E-state index < -0.39 is 0 Å². The maximum absolute atomic E-state index is 6.36. The van der Waals surface area contributed by atoms with Crippen molar-refractivity contribution in [2.45, 2.75) is 33.2 Å². The normalized spacial score (nSPS) is 12.7. The number of hydrogen-bond acceptors (Lipinski definition) is 2. The van der Waals surface area contributed by atoms with E-state index in [-0.39, 0.29) is 6.04 Å². The molecule has 0 bridgehead atoms. The van der Waals surface area contributed by atoms with Crippen LogP contribution in [0.2, 0.25) is 5.15 Å². The summed E-state index contributed by atoms with van der Waals surface area (Å²) in [5.74, 6) is 0. The summed E-state index contributed by atoms with van der Waals surface area (Å²) in [6.07, 6.45) is 0.858. The van der Waals surface area contributed by atoms with Gasteiger partial charge in [0.15, 0.2) is 0 Å². The van der Waals surface area contributed by atoms with Gasteiger partial charge in [0.1, 0.15) is 5.15 Å². The number of aryl methyl sites for hydroxylation is 3. The minimum Gasteiger partial charge on any atom is -0.310 e. The maximum Gasteiger partial charge on any atom is 0.130 e. The first-order valence-electron chi connectivity index (χ1n) is 7.01. The van der Waals surface area contributed by atoms with Crippen molar-refractivity contribution >= 4 is 11.6 Å². The van der Waals surface area contributed by atoms with Gasteiger partial charge < -0.3 is 5.32 Å². The Kier molecular flexibility index (Phi) is 4.84. The second-order valence-electron chi connectivity index (χ2n) is 5.15. The highest BCUT2D eigenvalue weighted by Crippen LogP contribution is 2.27. The zero-order chi connectivity index (χ0) is 14.7. The van der Waals surface area contributed by atoms with Gasteiger partial charge in [-0.2, -0.15) is 5.10 Å². The fourth-order valence-electron chi connectivity index (χ4n) is 2.63. The Labute approximate surface area is 126 Å². The number of likely N-dealkylation sites (N-methyl/N-ethyl adjacent to an activating group) is 1. The van der Waals surface area contributed by atoms with Gasteiger partial charge in [0.25, 0.3) is 0 Å². The number of nitrogens with one attached hydrogen (secondary N) is 1. The predicted octanol–water partition coefficient (Wildman–Crippen LogP) is 3.58. The summed E-state index contributed by atoms with van der Waals surface area (Å²) in [5, 5.41) is 8.69. The van der Waals surface area contributed by atoms with E-state index in [4.69, 9.17) is 11.6 Å². The molecule has 0 spiro atoms. The van der Waals surface area contributed by atoms with Gasteiger partial charge in [-0.15, -0.1) is 0 Å². The molecular weight excluding hydrogens is 270 g/mol. The molecule has 1 heterocycles. The van der Waals surface area contributed by atoms with Crippen LogP contribution in [0.25, 0.3) is 0 Å². The molecule has 0 saturated heterocycles. The van der Waals surface area contributed by atoms with Gasteiger partial charge in [0.05, 0.1) is 5.69 Å². The van der Waals surface area contributed by atoms with E-state index >= 15 is 0 Å². The highest BCUT2D eigenvalue weighted by molar-refractivity contribution is 6.30. The van der Waals surface area contributed by atoms with Crippen LogP contribution < -0.4 is 5.32 Å². The van der Waals surface area contributed by atoms with E-state index in [1.54, 1.807) is 4.68 Å². The average Bonchev–Trinajstić information content (AvgIpc) is 2.65. The summed E-state index contributed by atoms with van der Waals surface area (Å²) in [5.41, 5.74) is 4.77. The van der Waals surface area contributed by atoms with Gasteiger partial charge in [0, 0.05) is 18.7 Å². The first kappa shape index (κ1) is 15.1. The average molecular weight is 292 g/mol. The minimum absolute atomic E-state index is 0.265. The highest BCUT2D eigenvalue weighted by atomic mass is 35.5. The lowest BCUT2D eigenvalue weighted by Gasteiger charge is -2.20. The Morgan fingerprint density at radius 3 is 2.55 bits per heavy atom. The summed E-state index contributed by atoms with van der Waals surface area (Å²) in [7, 11) is 1.88. The monoisotopic (exact) mass is 291 g/mol. The third-order valence-corrected chi connectivity index (χ3v) is 4.17. The third-order valence-electron chi connectivity index (χ3n) is 3.69. The summed E-state index contributed by atoms with van der Waals surface area (Å²) < 4.78 is 1.74. The van der Waals surface area contributed by atoms with Gasteiger partial charge in [0.2, 0.25) is 0 Å². The number of nitrogens with zero attached hydrogens (tertiary/aromatic N) is 2. The van der Waals surface area contributed by atoms with Crippen LogP contribution in [0.5, 0.6) is 0 Å². The molecular formula is C16H22ClN3. The van der Waals surface area contributed by atoms with Gasteiger partial charge in [-0.3, -0.25) is 4.68 Å². The first-order chi connectivity index (χ1) is 9.54. The lowest BCUT2D eigenvalue weighted by Crippen LogP contribution is -2.24. The van der Waals surface area contributed by atoms with Crippen molar-refractivity contribution in [1.29, 1.82) is 0 Å². The number of rotatable bonds is 5. The minimum atomic E-state index is 0.265. The van der Waals surface area contributed by atoms with E-state index in [1.165, 1.54) is 11.1 Å².